The van der Waals surface area contributed by atoms with E-state index >= 15 is 0 Å². The van der Waals surface area contributed by atoms with E-state index in [1.807, 2.05) is 45.9 Å². The van der Waals surface area contributed by atoms with Crippen LogP contribution in [-0.4, -0.2) is 69.1 Å². The molecule has 0 unspecified atom stereocenters. The van der Waals surface area contributed by atoms with E-state index in [2.05, 4.69) is 21.3 Å². The zero-order valence-corrected chi connectivity index (χ0v) is 27.2. The molecular weight excluding hydrogens is 576 g/mol. The van der Waals surface area contributed by atoms with E-state index in [1.54, 1.807) is 38.5 Å². The maximum absolute atomic E-state index is 13.5. The molecule has 11 nitrogen and oxygen atoms in total. The third-order valence-electron chi connectivity index (χ3n) is 7.89. The molecule has 2 aromatic carbocycles. The van der Waals surface area contributed by atoms with Crippen LogP contribution in [0.4, 0.5) is 0 Å². The van der Waals surface area contributed by atoms with Crippen molar-refractivity contribution in [2.24, 2.45) is 11.8 Å². The molecule has 2 aromatic rings. The highest BCUT2D eigenvalue weighted by Gasteiger charge is 2.32. The fraction of sp³-hybridized carbons (Fsp3) is 0.529. The van der Waals surface area contributed by atoms with Gasteiger partial charge in [0.15, 0.2) is 11.5 Å². The van der Waals surface area contributed by atoms with Gasteiger partial charge in [0, 0.05) is 6.54 Å². The number of methoxy groups -OCH3 is 2. The van der Waals surface area contributed by atoms with Crippen molar-refractivity contribution in [1.82, 2.24) is 21.3 Å². The Balaban J connectivity index is 1.79. The van der Waals surface area contributed by atoms with Crippen molar-refractivity contribution in [1.29, 1.82) is 0 Å². The van der Waals surface area contributed by atoms with E-state index in [4.69, 9.17) is 14.2 Å². The molecule has 0 aliphatic carbocycles. The van der Waals surface area contributed by atoms with Crippen LogP contribution in [-0.2, 0) is 20.8 Å². The number of hydrogen-bond donors (Lipinski definition) is 4. The average molecular weight is 625 g/mol. The maximum atomic E-state index is 13.5. The molecule has 0 fully saturated rings. The minimum atomic E-state index is -1.18. The van der Waals surface area contributed by atoms with Gasteiger partial charge < -0.3 is 35.5 Å². The molecule has 11 heteroatoms. The highest BCUT2D eigenvalue weighted by molar-refractivity contribution is 6.01. The first-order valence-electron chi connectivity index (χ1n) is 15.7. The molecule has 0 spiro atoms. The SMILES string of the molecule is CC[C@H](C)[C@@H]1NC(=O)C[C@@H](C(=O)NCCCc2ccc(OC)c(OC)c2)NC(=O)c2ccccc2OC[C@H](CC(C)C)NC1=O. The minimum Gasteiger partial charge on any atom is -0.493 e. The molecule has 1 aliphatic heterocycles. The number of benzene rings is 2. The van der Waals surface area contributed by atoms with Crippen molar-refractivity contribution in [3.8, 4) is 17.2 Å². The molecule has 0 bridgehead atoms. The molecule has 0 saturated heterocycles. The monoisotopic (exact) mass is 624 g/mol. The second-order valence-electron chi connectivity index (χ2n) is 11.9. The standard InChI is InChI=1S/C34H48N4O7/c1-7-22(4)31-34(42)36-24(17-21(2)3)20-45-27-13-9-8-12-25(27)32(40)37-26(19-30(39)38-31)33(41)35-16-10-11-23-14-15-28(43-5)29(18-23)44-6/h8-9,12-15,18,21-22,24,26,31H,7,10-11,16-17,19-20H2,1-6H3,(H,35,41)(H,36,42)(H,37,40)(H,38,39)/t22-,24-,26-,31-/m0/s1. The first kappa shape index (κ1) is 35.2. The van der Waals surface area contributed by atoms with Crippen molar-refractivity contribution in [3.63, 3.8) is 0 Å². The number of ether oxygens (including phenoxy) is 3. The molecule has 1 heterocycles. The van der Waals surface area contributed by atoms with Gasteiger partial charge in [0.1, 0.15) is 24.4 Å². The Hall–Kier alpha value is -4.28. The average Bonchev–Trinajstić information content (AvgIpc) is 3.02. The van der Waals surface area contributed by atoms with Gasteiger partial charge >= 0.3 is 0 Å². The lowest BCUT2D eigenvalue weighted by atomic mass is 9.96. The van der Waals surface area contributed by atoms with Crippen molar-refractivity contribution in [2.75, 3.05) is 27.4 Å². The summed E-state index contributed by atoms with van der Waals surface area (Å²) in [6, 6.07) is 10.0. The summed E-state index contributed by atoms with van der Waals surface area (Å²) in [6.07, 6.45) is 2.23. The van der Waals surface area contributed by atoms with Gasteiger partial charge in [0.05, 0.1) is 32.2 Å². The molecule has 4 atom stereocenters. The second-order valence-corrected chi connectivity index (χ2v) is 11.9. The third kappa shape index (κ3) is 10.4. The summed E-state index contributed by atoms with van der Waals surface area (Å²) in [7, 11) is 3.15. The number of amides is 4. The molecule has 1 aliphatic rings. The normalized spacial score (nSPS) is 20.0. The summed E-state index contributed by atoms with van der Waals surface area (Å²) < 4.78 is 16.7. The van der Waals surface area contributed by atoms with E-state index < -0.39 is 29.8 Å². The van der Waals surface area contributed by atoms with E-state index in [9.17, 15) is 19.2 Å². The Morgan fingerprint density at radius 3 is 2.42 bits per heavy atom. The van der Waals surface area contributed by atoms with E-state index in [1.165, 1.54) is 0 Å². The Labute approximate surface area is 266 Å². The molecule has 45 heavy (non-hydrogen) atoms. The molecule has 0 radical (unpaired) electrons. The van der Waals surface area contributed by atoms with Gasteiger partial charge in [-0.05, 0) is 60.9 Å². The van der Waals surface area contributed by atoms with Crippen molar-refractivity contribution < 1.29 is 33.4 Å². The van der Waals surface area contributed by atoms with Crippen molar-refractivity contribution in [3.05, 3.63) is 53.6 Å². The third-order valence-corrected chi connectivity index (χ3v) is 7.89. The summed E-state index contributed by atoms with van der Waals surface area (Å²) in [5, 5.41) is 11.5. The number of nitrogens with one attached hydrogen (secondary N) is 4. The zero-order valence-electron chi connectivity index (χ0n) is 27.2. The van der Waals surface area contributed by atoms with Gasteiger partial charge in [-0.3, -0.25) is 19.2 Å². The van der Waals surface area contributed by atoms with Crippen molar-refractivity contribution >= 4 is 23.6 Å². The summed E-state index contributed by atoms with van der Waals surface area (Å²) >= 11 is 0. The Kier molecular flexibility index (Phi) is 13.5. The predicted molar refractivity (Wildman–Crippen MR) is 171 cm³/mol. The van der Waals surface area contributed by atoms with Crippen LogP contribution in [0, 0.1) is 11.8 Å². The lowest BCUT2D eigenvalue weighted by molar-refractivity contribution is -0.132. The number of rotatable bonds is 11. The molecule has 0 saturated carbocycles. The Morgan fingerprint density at radius 2 is 1.73 bits per heavy atom. The van der Waals surface area contributed by atoms with Crippen LogP contribution in [0.1, 0.15) is 69.3 Å². The lowest BCUT2D eigenvalue weighted by Gasteiger charge is -2.29. The number of para-hydroxylation sites is 1. The zero-order chi connectivity index (χ0) is 32.9. The summed E-state index contributed by atoms with van der Waals surface area (Å²) in [6.45, 7) is 8.39. The van der Waals surface area contributed by atoms with Gasteiger partial charge in [-0.25, -0.2) is 0 Å². The van der Waals surface area contributed by atoms with E-state index in [0.717, 1.165) is 5.56 Å². The molecule has 3 rings (SSSR count). The topological polar surface area (TPSA) is 144 Å². The summed E-state index contributed by atoms with van der Waals surface area (Å²) in [4.78, 5) is 53.6. The van der Waals surface area contributed by atoms with E-state index in [0.29, 0.717) is 49.5 Å². The van der Waals surface area contributed by atoms with Crippen molar-refractivity contribution in [2.45, 2.75) is 77.9 Å². The molecular formula is C34H48N4O7. The number of carbonyl (C=O) groups is 4. The predicted octanol–water partition coefficient (Wildman–Crippen LogP) is 3.40. The maximum Gasteiger partial charge on any atom is 0.255 e. The first-order chi connectivity index (χ1) is 21.6. The number of fused-ring (bicyclic) bond motifs is 1. The lowest BCUT2D eigenvalue weighted by Crippen LogP contribution is -2.56. The quantitative estimate of drug-likeness (QED) is 0.281. The summed E-state index contributed by atoms with van der Waals surface area (Å²) in [5.41, 5.74) is 1.24. The van der Waals surface area contributed by atoms with Gasteiger partial charge in [-0.1, -0.05) is 52.3 Å². The molecule has 4 N–H and O–H groups in total. The molecule has 0 aromatic heterocycles. The minimum absolute atomic E-state index is 0.138. The van der Waals surface area contributed by atoms with Crippen LogP contribution in [0.25, 0.3) is 0 Å². The van der Waals surface area contributed by atoms with Crippen LogP contribution < -0.4 is 35.5 Å². The van der Waals surface area contributed by atoms with Gasteiger partial charge in [-0.15, -0.1) is 0 Å². The highest BCUT2D eigenvalue weighted by Crippen LogP contribution is 2.28. The Morgan fingerprint density at radius 1 is 1.00 bits per heavy atom. The summed E-state index contributed by atoms with van der Waals surface area (Å²) in [5.74, 6) is -0.174. The van der Waals surface area contributed by atoms with Crippen LogP contribution in [0.2, 0.25) is 0 Å². The van der Waals surface area contributed by atoms with Crippen LogP contribution in [0.15, 0.2) is 42.5 Å². The highest BCUT2D eigenvalue weighted by atomic mass is 16.5. The van der Waals surface area contributed by atoms with Crippen LogP contribution in [0.5, 0.6) is 17.2 Å². The van der Waals surface area contributed by atoms with Crippen LogP contribution in [0.3, 0.4) is 0 Å². The largest absolute Gasteiger partial charge is 0.493 e. The van der Waals surface area contributed by atoms with Gasteiger partial charge in [0.25, 0.3) is 5.91 Å². The molecule has 4 amide bonds. The fourth-order valence-electron chi connectivity index (χ4n) is 5.23. The van der Waals surface area contributed by atoms with E-state index in [-0.39, 0.29) is 42.4 Å². The number of aryl methyl sites for hydroxylation is 1. The number of hydrogen-bond acceptors (Lipinski definition) is 7. The fourth-order valence-corrected chi connectivity index (χ4v) is 5.23. The molecule has 246 valence electrons. The first-order valence-corrected chi connectivity index (χ1v) is 15.7. The van der Waals surface area contributed by atoms with Gasteiger partial charge in [-0.2, -0.15) is 0 Å². The second kappa shape index (κ2) is 17.3. The number of carbonyl (C=O) groups excluding carboxylic acids is 4. The van der Waals surface area contributed by atoms with Gasteiger partial charge in [0.2, 0.25) is 17.7 Å². The van der Waals surface area contributed by atoms with Crippen LogP contribution >= 0.6 is 0 Å². The Bertz CT molecular complexity index is 1320. The smallest absolute Gasteiger partial charge is 0.255 e.